The van der Waals surface area contributed by atoms with Crippen LogP contribution >= 0.6 is 0 Å². The number of pyridine rings is 1. The number of fused-ring (bicyclic) bond motifs is 3. The second-order valence-electron chi connectivity index (χ2n) is 2.85. The number of rotatable bonds is 0. The first-order valence-electron chi connectivity index (χ1n) is 3.54. The van der Waals surface area contributed by atoms with Gasteiger partial charge in [0.1, 0.15) is 6.10 Å². The van der Waals surface area contributed by atoms with Gasteiger partial charge in [-0.2, -0.15) is 0 Å². The molecule has 1 aliphatic carbocycles. The van der Waals surface area contributed by atoms with Crippen LogP contribution in [0.4, 0.5) is 0 Å². The van der Waals surface area contributed by atoms with Gasteiger partial charge in [0.25, 0.3) is 0 Å². The van der Waals surface area contributed by atoms with E-state index >= 15 is 0 Å². The summed E-state index contributed by atoms with van der Waals surface area (Å²) in [5.74, 6) is 0. The fourth-order valence-electron chi connectivity index (χ4n) is 1.63. The summed E-state index contributed by atoms with van der Waals surface area (Å²) in [5.41, 5.74) is 2.55. The van der Waals surface area contributed by atoms with Crippen LogP contribution in [0.2, 0.25) is 0 Å². The lowest BCUT2D eigenvalue weighted by atomic mass is 10.2. The van der Waals surface area contributed by atoms with E-state index in [9.17, 15) is 0 Å². The molecule has 2 heterocycles. The Morgan fingerprint density at radius 3 is 3.50 bits per heavy atom. The number of ether oxygens (including phenoxy) is 1. The molecule has 1 aliphatic heterocycles. The number of nitrogens with zero attached hydrogens (tertiary/aromatic N) is 1. The maximum atomic E-state index is 5.32. The van der Waals surface area contributed by atoms with E-state index in [0.717, 1.165) is 6.42 Å². The highest BCUT2D eigenvalue weighted by Crippen LogP contribution is 2.47. The Hall–Kier alpha value is -0.890. The molecule has 1 aromatic heterocycles. The molecule has 1 aromatic rings. The Bertz CT molecular complexity index is 284. The molecule has 0 bridgehead atoms. The summed E-state index contributed by atoms with van der Waals surface area (Å²) in [6.07, 6.45) is 3.75. The van der Waals surface area contributed by atoms with E-state index in [0.29, 0.717) is 12.2 Å². The van der Waals surface area contributed by atoms with Crippen molar-refractivity contribution in [1.82, 2.24) is 4.98 Å². The fourth-order valence-corrected chi connectivity index (χ4v) is 1.63. The van der Waals surface area contributed by atoms with Crippen molar-refractivity contribution in [3.05, 3.63) is 29.6 Å². The molecule has 3 rings (SSSR count). The van der Waals surface area contributed by atoms with Gasteiger partial charge in [-0.15, -0.1) is 0 Å². The highest BCUT2D eigenvalue weighted by Gasteiger charge is 2.48. The minimum atomic E-state index is 0.358. The number of aromatic nitrogens is 1. The van der Waals surface area contributed by atoms with Crippen molar-refractivity contribution in [1.29, 1.82) is 0 Å². The molecule has 0 saturated carbocycles. The Morgan fingerprint density at radius 1 is 1.60 bits per heavy atom. The summed E-state index contributed by atoms with van der Waals surface area (Å²) >= 11 is 0. The van der Waals surface area contributed by atoms with E-state index in [-0.39, 0.29) is 0 Å². The quantitative estimate of drug-likeness (QED) is 0.495. The Kier molecular flexibility index (Phi) is 0.680. The first kappa shape index (κ1) is 4.85. The zero-order chi connectivity index (χ0) is 6.55. The van der Waals surface area contributed by atoms with Gasteiger partial charge in [-0.1, -0.05) is 6.07 Å². The van der Waals surface area contributed by atoms with Crippen LogP contribution in [0, 0.1) is 0 Å². The lowest BCUT2D eigenvalue weighted by Crippen LogP contribution is -1.89. The van der Waals surface area contributed by atoms with Crippen LogP contribution in [0.25, 0.3) is 0 Å². The predicted octanol–water partition coefficient (Wildman–Crippen LogP) is 1.08. The normalized spacial score (nSPS) is 33.2. The largest absolute Gasteiger partial charge is 0.362 e. The molecule has 50 valence electrons. The number of epoxide rings is 1. The third kappa shape index (κ3) is 0.457. The maximum Gasteiger partial charge on any atom is 0.127 e. The van der Waals surface area contributed by atoms with Crippen molar-refractivity contribution >= 4 is 0 Å². The SMILES string of the molecule is c1cnc2c(c1)C[C@@H]1O[C@H]21. The van der Waals surface area contributed by atoms with Gasteiger partial charge in [-0.3, -0.25) is 4.98 Å². The average molecular weight is 133 g/mol. The molecule has 0 amide bonds. The first-order chi connectivity index (χ1) is 4.95. The Labute approximate surface area is 58.8 Å². The van der Waals surface area contributed by atoms with Crippen LogP contribution in [-0.4, -0.2) is 11.1 Å². The summed E-state index contributed by atoms with van der Waals surface area (Å²) in [6, 6.07) is 4.13. The van der Waals surface area contributed by atoms with Gasteiger partial charge in [-0.05, 0) is 11.6 Å². The fraction of sp³-hybridized carbons (Fsp3) is 0.375. The highest BCUT2D eigenvalue weighted by atomic mass is 16.6. The van der Waals surface area contributed by atoms with Crippen molar-refractivity contribution in [2.45, 2.75) is 18.6 Å². The average Bonchev–Trinajstić information content (AvgIpc) is 2.64. The second-order valence-corrected chi connectivity index (χ2v) is 2.85. The van der Waals surface area contributed by atoms with Crippen LogP contribution in [-0.2, 0) is 11.2 Å². The molecule has 10 heavy (non-hydrogen) atoms. The van der Waals surface area contributed by atoms with E-state index in [1.807, 2.05) is 12.3 Å². The second kappa shape index (κ2) is 1.40. The summed E-state index contributed by atoms with van der Waals surface area (Å²) < 4.78 is 5.32. The van der Waals surface area contributed by atoms with Crippen LogP contribution in [0.15, 0.2) is 18.3 Å². The van der Waals surface area contributed by atoms with Gasteiger partial charge in [0, 0.05) is 12.6 Å². The Balaban J connectivity index is 2.22. The minimum absolute atomic E-state index is 0.358. The van der Waals surface area contributed by atoms with Gasteiger partial charge >= 0.3 is 0 Å². The van der Waals surface area contributed by atoms with Crippen molar-refractivity contribution in [3.63, 3.8) is 0 Å². The van der Waals surface area contributed by atoms with Crippen LogP contribution in [0.1, 0.15) is 17.4 Å². The van der Waals surface area contributed by atoms with Gasteiger partial charge < -0.3 is 4.74 Å². The van der Waals surface area contributed by atoms with Crippen LogP contribution < -0.4 is 0 Å². The van der Waals surface area contributed by atoms with Crippen LogP contribution in [0.3, 0.4) is 0 Å². The van der Waals surface area contributed by atoms with E-state index in [4.69, 9.17) is 4.74 Å². The number of hydrogen-bond acceptors (Lipinski definition) is 2. The smallest absolute Gasteiger partial charge is 0.127 e. The highest BCUT2D eigenvalue weighted by molar-refractivity contribution is 5.33. The minimum Gasteiger partial charge on any atom is -0.362 e. The lowest BCUT2D eigenvalue weighted by molar-refractivity contribution is 0.357. The molecule has 1 saturated heterocycles. The molecule has 2 nitrogen and oxygen atoms in total. The predicted molar refractivity (Wildman–Crippen MR) is 35.6 cm³/mol. The molecule has 0 N–H and O–H groups in total. The zero-order valence-corrected chi connectivity index (χ0v) is 5.45. The topological polar surface area (TPSA) is 25.4 Å². The molecule has 0 spiro atoms. The van der Waals surface area contributed by atoms with Crippen LogP contribution in [0.5, 0.6) is 0 Å². The molecule has 0 aromatic carbocycles. The van der Waals surface area contributed by atoms with Gasteiger partial charge in [0.2, 0.25) is 0 Å². The first-order valence-corrected chi connectivity index (χ1v) is 3.54. The summed E-state index contributed by atoms with van der Waals surface area (Å²) in [5, 5.41) is 0. The van der Waals surface area contributed by atoms with Crippen molar-refractivity contribution < 1.29 is 4.74 Å². The molecule has 2 heteroatoms. The molecule has 2 atom stereocenters. The molecule has 2 aliphatic rings. The molecular weight excluding hydrogens is 126 g/mol. The van der Waals surface area contributed by atoms with Crippen molar-refractivity contribution in [2.24, 2.45) is 0 Å². The molecular formula is C8H7NO. The third-order valence-corrected chi connectivity index (χ3v) is 2.20. The van der Waals surface area contributed by atoms with Gasteiger partial charge in [0.15, 0.2) is 0 Å². The third-order valence-electron chi connectivity index (χ3n) is 2.20. The lowest BCUT2D eigenvalue weighted by Gasteiger charge is -1.97. The van der Waals surface area contributed by atoms with E-state index < -0.39 is 0 Å². The summed E-state index contributed by atoms with van der Waals surface area (Å²) in [4.78, 5) is 4.26. The van der Waals surface area contributed by atoms with Gasteiger partial charge in [0.05, 0.1) is 11.8 Å². The summed E-state index contributed by atoms with van der Waals surface area (Å²) in [7, 11) is 0. The monoisotopic (exact) mass is 133 g/mol. The van der Waals surface area contributed by atoms with E-state index in [2.05, 4.69) is 11.1 Å². The van der Waals surface area contributed by atoms with E-state index in [1.54, 1.807) is 0 Å². The zero-order valence-electron chi connectivity index (χ0n) is 5.45. The standard InChI is InChI=1S/C8H7NO/c1-2-5-4-6-8(10-6)7(5)9-3-1/h1-3,6,8H,4H2/t6-,8-/m0/s1. The van der Waals surface area contributed by atoms with E-state index in [1.165, 1.54) is 11.3 Å². The molecule has 0 unspecified atom stereocenters. The van der Waals surface area contributed by atoms with Crippen molar-refractivity contribution in [3.8, 4) is 0 Å². The number of hydrogen-bond donors (Lipinski definition) is 0. The maximum absolute atomic E-state index is 5.32. The summed E-state index contributed by atoms with van der Waals surface area (Å²) in [6.45, 7) is 0. The molecule has 0 radical (unpaired) electrons. The van der Waals surface area contributed by atoms with Gasteiger partial charge in [-0.25, -0.2) is 0 Å². The molecule has 1 fully saturated rings. The Morgan fingerprint density at radius 2 is 2.60 bits per heavy atom. The van der Waals surface area contributed by atoms with Crippen molar-refractivity contribution in [2.75, 3.05) is 0 Å².